The van der Waals surface area contributed by atoms with E-state index in [2.05, 4.69) is 29.1 Å². The number of aryl methyl sites for hydroxylation is 1. The summed E-state index contributed by atoms with van der Waals surface area (Å²) in [5, 5.41) is 9.21. The van der Waals surface area contributed by atoms with Crippen LogP contribution in [0.3, 0.4) is 0 Å². The van der Waals surface area contributed by atoms with Gasteiger partial charge in [0.1, 0.15) is 11.6 Å². The Labute approximate surface area is 117 Å². The van der Waals surface area contributed by atoms with E-state index in [1.54, 1.807) is 0 Å². The lowest BCUT2D eigenvalue weighted by Gasteiger charge is -2.12. The van der Waals surface area contributed by atoms with Crippen molar-refractivity contribution in [2.75, 3.05) is 18.5 Å². The van der Waals surface area contributed by atoms with Crippen LogP contribution in [0.15, 0.2) is 29.1 Å². The molecule has 0 saturated heterocycles. The molecular formula is C16H15N3O. The van der Waals surface area contributed by atoms with Crippen molar-refractivity contribution in [2.24, 2.45) is 0 Å². The number of nitrogens with one attached hydrogen (secondary N) is 1. The maximum absolute atomic E-state index is 11.9. The van der Waals surface area contributed by atoms with Crippen LogP contribution in [0.4, 0.5) is 5.69 Å². The lowest BCUT2D eigenvalue weighted by molar-refractivity contribution is 0.956. The molecule has 100 valence electrons. The fraction of sp³-hybridized carbons (Fsp3) is 0.250. The molecule has 4 nitrogen and oxygen atoms in total. The Morgan fingerprint density at radius 2 is 2.15 bits per heavy atom. The normalized spacial score (nSPS) is 13.2. The van der Waals surface area contributed by atoms with Gasteiger partial charge < -0.3 is 9.88 Å². The molecule has 20 heavy (non-hydrogen) atoms. The van der Waals surface area contributed by atoms with Crippen molar-refractivity contribution >= 4 is 5.69 Å². The molecule has 4 heteroatoms. The molecule has 0 saturated carbocycles. The van der Waals surface area contributed by atoms with Crippen LogP contribution in [-0.4, -0.2) is 18.6 Å². The number of hydrogen-bond donors (Lipinski definition) is 1. The van der Waals surface area contributed by atoms with Crippen LogP contribution >= 0.6 is 0 Å². The SMILES string of the molecule is Cc1cc(-c2ccc3c(c2)CCN3C)c(C#N)c(=O)[nH]1. The van der Waals surface area contributed by atoms with Gasteiger partial charge in [-0.3, -0.25) is 4.79 Å². The molecule has 1 aliphatic rings. The molecule has 1 aromatic heterocycles. The fourth-order valence-electron chi connectivity index (χ4n) is 2.76. The highest BCUT2D eigenvalue weighted by Gasteiger charge is 2.17. The number of rotatable bonds is 1. The van der Waals surface area contributed by atoms with Crippen LogP contribution in [0.1, 0.15) is 16.8 Å². The first-order valence-corrected chi connectivity index (χ1v) is 6.58. The van der Waals surface area contributed by atoms with Crippen LogP contribution in [0, 0.1) is 18.3 Å². The number of aromatic nitrogens is 1. The van der Waals surface area contributed by atoms with Crippen molar-refractivity contribution in [3.63, 3.8) is 0 Å². The molecule has 0 radical (unpaired) electrons. The Bertz CT molecular complexity index is 783. The number of aromatic amines is 1. The zero-order valence-corrected chi connectivity index (χ0v) is 11.5. The average molecular weight is 265 g/mol. The number of likely N-dealkylation sites (N-methyl/N-ethyl adjacent to an activating group) is 1. The predicted molar refractivity (Wildman–Crippen MR) is 78.9 cm³/mol. The van der Waals surface area contributed by atoms with Gasteiger partial charge in [-0.05, 0) is 42.7 Å². The topological polar surface area (TPSA) is 59.9 Å². The van der Waals surface area contributed by atoms with Crippen LogP contribution in [-0.2, 0) is 6.42 Å². The van der Waals surface area contributed by atoms with E-state index in [1.165, 1.54) is 11.3 Å². The van der Waals surface area contributed by atoms with Gasteiger partial charge >= 0.3 is 0 Å². The summed E-state index contributed by atoms with van der Waals surface area (Å²) in [7, 11) is 2.07. The first kappa shape index (κ1) is 12.5. The Kier molecular flexibility index (Phi) is 2.83. The van der Waals surface area contributed by atoms with Gasteiger partial charge in [0.05, 0.1) is 0 Å². The van der Waals surface area contributed by atoms with E-state index in [-0.39, 0.29) is 11.1 Å². The number of fused-ring (bicyclic) bond motifs is 1. The number of H-pyrrole nitrogens is 1. The van der Waals surface area contributed by atoms with Gasteiger partial charge in [-0.15, -0.1) is 0 Å². The summed E-state index contributed by atoms with van der Waals surface area (Å²) >= 11 is 0. The minimum atomic E-state index is -0.319. The molecule has 1 aliphatic heterocycles. The van der Waals surface area contributed by atoms with Crippen LogP contribution < -0.4 is 10.5 Å². The van der Waals surface area contributed by atoms with E-state index < -0.39 is 0 Å². The number of pyridine rings is 1. The average Bonchev–Trinajstić information content (AvgIpc) is 2.79. The van der Waals surface area contributed by atoms with E-state index in [1.807, 2.05) is 25.1 Å². The molecule has 0 spiro atoms. The summed E-state index contributed by atoms with van der Waals surface area (Å²) in [6.07, 6.45) is 1.00. The van der Waals surface area contributed by atoms with Crippen molar-refractivity contribution < 1.29 is 0 Å². The largest absolute Gasteiger partial charge is 0.374 e. The molecule has 2 aromatic rings. The number of anilines is 1. The molecule has 0 amide bonds. The maximum atomic E-state index is 11.9. The second-order valence-corrected chi connectivity index (χ2v) is 5.20. The fourth-order valence-corrected chi connectivity index (χ4v) is 2.76. The zero-order chi connectivity index (χ0) is 14.3. The van der Waals surface area contributed by atoms with Gasteiger partial charge in [0, 0.05) is 30.5 Å². The van der Waals surface area contributed by atoms with Crippen molar-refractivity contribution in [2.45, 2.75) is 13.3 Å². The van der Waals surface area contributed by atoms with E-state index in [0.29, 0.717) is 5.56 Å². The lowest BCUT2D eigenvalue weighted by Crippen LogP contribution is -2.13. The second kappa shape index (κ2) is 4.53. The Balaban J connectivity index is 2.20. The highest BCUT2D eigenvalue weighted by atomic mass is 16.1. The summed E-state index contributed by atoms with van der Waals surface area (Å²) < 4.78 is 0. The highest BCUT2D eigenvalue weighted by Crippen LogP contribution is 2.32. The van der Waals surface area contributed by atoms with Gasteiger partial charge in [-0.25, -0.2) is 0 Å². The Morgan fingerprint density at radius 3 is 2.90 bits per heavy atom. The third kappa shape index (κ3) is 1.88. The third-order valence-electron chi connectivity index (χ3n) is 3.80. The highest BCUT2D eigenvalue weighted by molar-refractivity contribution is 5.74. The second-order valence-electron chi connectivity index (χ2n) is 5.20. The summed E-state index contributed by atoms with van der Waals surface area (Å²) in [5.74, 6) is 0. The molecule has 0 bridgehead atoms. The first-order valence-electron chi connectivity index (χ1n) is 6.58. The summed E-state index contributed by atoms with van der Waals surface area (Å²) in [4.78, 5) is 16.8. The van der Waals surface area contributed by atoms with Gasteiger partial charge in [0.15, 0.2) is 0 Å². The monoisotopic (exact) mass is 265 g/mol. The molecule has 1 N–H and O–H groups in total. The van der Waals surface area contributed by atoms with Crippen molar-refractivity contribution in [3.8, 4) is 17.2 Å². The molecule has 0 unspecified atom stereocenters. The Morgan fingerprint density at radius 1 is 1.35 bits per heavy atom. The van der Waals surface area contributed by atoms with Gasteiger partial charge in [-0.1, -0.05) is 6.07 Å². The molecule has 0 fully saturated rings. The zero-order valence-electron chi connectivity index (χ0n) is 11.5. The molecule has 3 rings (SSSR count). The van der Waals surface area contributed by atoms with Gasteiger partial charge in [0.25, 0.3) is 5.56 Å². The molecule has 0 atom stereocenters. The van der Waals surface area contributed by atoms with Crippen LogP contribution in [0.5, 0.6) is 0 Å². The minimum absolute atomic E-state index is 0.182. The molecule has 2 heterocycles. The van der Waals surface area contributed by atoms with Crippen LogP contribution in [0.2, 0.25) is 0 Å². The summed E-state index contributed by atoms with van der Waals surface area (Å²) in [6.45, 7) is 2.84. The van der Waals surface area contributed by atoms with Crippen molar-refractivity contribution in [1.82, 2.24) is 4.98 Å². The summed E-state index contributed by atoms with van der Waals surface area (Å²) in [6, 6.07) is 10.0. The molecule has 1 aromatic carbocycles. The van der Waals surface area contributed by atoms with Crippen molar-refractivity contribution in [3.05, 3.63) is 51.4 Å². The van der Waals surface area contributed by atoms with Gasteiger partial charge in [-0.2, -0.15) is 5.26 Å². The number of nitriles is 1. The Hall–Kier alpha value is -2.54. The number of nitrogens with zero attached hydrogens (tertiary/aromatic N) is 2. The van der Waals surface area contributed by atoms with E-state index in [0.717, 1.165) is 24.2 Å². The predicted octanol–water partition coefficient (Wildman–Crippen LogP) is 2.21. The molecule has 0 aliphatic carbocycles. The minimum Gasteiger partial charge on any atom is -0.374 e. The smallest absolute Gasteiger partial charge is 0.266 e. The number of hydrogen-bond acceptors (Lipinski definition) is 3. The standard InChI is InChI=1S/C16H15N3O/c1-10-7-13(14(9-17)16(20)18-10)11-3-4-15-12(8-11)5-6-19(15)2/h3-4,7-8H,5-6H2,1-2H3,(H,18,20). The van der Waals surface area contributed by atoms with E-state index in [4.69, 9.17) is 0 Å². The third-order valence-corrected chi connectivity index (χ3v) is 3.80. The lowest BCUT2D eigenvalue weighted by atomic mass is 9.98. The van der Waals surface area contributed by atoms with E-state index >= 15 is 0 Å². The van der Waals surface area contributed by atoms with E-state index in [9.17, 15) is 10.1 Å². The maximum Gasteiger partial charge on any atom is 0.266 e. The van der Waals surface area contributed by atoms with Crippen LogP contribution in [0.25, 0.3) is 11.1 Å². The first-order chi connectivity index (χ1) is 9.60. The summed E-state index contributed by atoms with van der Waals surface area (Å²) in [5.41, 5.74) is 4.78. The quantitative estimate of drug-likeness (QED) is 0.860. The van der Waals surface area contributed by atoms with Gasteiger partial charge in [0.2, 0.25) is 0 Å². The molecular weight excluding hydrogens is 250 g/mol. The van der Waals surface area contributed by atoms with Crippen molar-refractivity contribution in [1.29, 1.82) is 5.26 Å². The number of benzene rings is 1.